The second kappa shape index (κ2) is 14.1. The van der Waals surface area contributed by atoms with Gasteiger partial charge >= 0.3 is 0 Å². The highest BCUT2D eigenvalue weighted by atomic mass is 16.3. The van der Waals surface area contributed by atoms with E-state index in [0.29, 0.717) is 13.0 Å². The first-order chi connectivity index (χ1) is 10.2. The molecule has 1 unspecified atom stereocenters. The molecule has 21 heavy (non-hydrogen) atoms. The van der Waals surface area contributed by atoms with Gasteiger partial charge in [0.2, 0.25) is 5.91 Å². The maximum atomic E-state index is 11.8. The first-order valence-electron chi connectivity index (χ1n) is 8.36. The second-order valence-electron chi connectivity index (χ2n) is 5.63. The van der Waals surface area contributed by atoms with Crippen molar-refractivity contribution in [2.75, 3.05) is 19.7 Å². The van der Waals surface area contributed by atoms with Gasteiger partial charge in [0.15, 0.2) is 0 Å². The van der Waals surface area contributed by atoms with Crippen molar-refractivity contribution >= 4 is 5.91 Å². The lowest BCUT2D eigenvalue weighted by atomic mass is 10.1. The molecular weight excluding hydrogens is 266 g/mol. The van der Waals surface area contributed by atoms with Crippen molar-refractivity contribution in [2.45, 2.75) is 70.8 Å². The highest BCUT2D eigenvalue weighted by Gasteiger charge is 2.10. The minimum Gasteiger partial charge on any atom is -0.394 e. The summed E-state index contributed by atoms with van der Waals surface area (Å²) < 4.78 is 0. The summed E-state index contributed by atoms with van der Waals surface area (Å²) in [6, 6.07) is 0. The van der Waals surface area contributed by atoms with Gasteiger partial charge in [-0.1, -0.05) is 45.6 Å². The quantitative estimate of drug-likeness (QED) is 0.383. The Bertz CT molecular complexity index is 269. The number of carbonyl (C=O) groups excluding carboxylic acids is 1. The Balaban J connectivity index is 3.82. The molecule has 0 aromatic rings. The standard InChI is InChI=1S/C17H33NO3/c1-3-5-6-7-8-10-13-18(17(21)4-2)14-11-9-12-16(20)15-19/h4,16,19-20H,2-3,5-15H2,1H3. The number of carbonyl (C=O) groups is 1. The fourth-order valence-electron chi connectivity index (χ4n) is 2.32. The van der Waals surface area contributed by atoms with Gasteiger partial charge in [0, 0.05) is 13.1 Å². The molecule has 2 N–H and O–H groups in total. The van der Waals surface area contributed by atoms with Crippen LogP contribution >= 0.6 is 0 Å². The Morgan fingerprint density at radius 1 is 1.10 bits per heavy atom. The van der Waals surface area contributed by atoms with Crippen LogP contribution in [0.5, 0.6) is 0 Å². The van der Waals surface area contributed by atoms with Crippen LogP contribution in [-0.2, 0) is 4.79 Å². The lowest BCUT2D eigenvalue weighted by Gasteiger charge is -2.21. The molecular formula is C17H33NO3. The summed E-state index contributed by atoms with van der Waals surface area (Å²) in [5, 5.41) is 18.0. The molecule has 0 aromatic heterocycles. The average Bonchev–Trinajstić information content (AvgIpc) is 2.51. The van der Waals surface area contributed by atoms with Crippen LogP contribution in [0.2, 0.25) is 0 Å². The highest BCUT2D eigenvalue weighted by molar-refractivity contribution is 5.86. The maximum absolute atomic E-state index is 11.8. The van der Waals surface area contributed by atoms with Crippen LogP contribution in [0.3, 0.4) is 0 Å². The van der Waals surface area contributed by atoms with Crippen molar-refractivity contribution < 1.29 is 15.0 Å². The number of aliphatic hydroxyl groups is 2. The summed E-state index contributed by atoms with van der Waals surface area (Å²) in [5.41, 5.74) is 0. The van der Waals surface area contributed by atoms with Gasteiger partial charge in [-0.25, -0.2) is 0 Å². The van der Waals surface area contributed by atoms with Gasteiger partial charge in [0.05, 0.1) is 12.7 Å². The van der Waals surface area contributed by atoms with Crippen LogP contribution < -0.4 is 0 Å². The highest BCUT2D eigenvalue weighted by Crippen LogP contribution is 2.08. The van der Waals surface area contributed by atoms with E-state index in [1.807, 2.05) is 4.90 Å². The normalized spacial score (nSPS) is 12.1. The third kappa shape index (κ3) is 11.5. The topological polar surface area (TPSA) is 60.8 Å². The van der Waals surface area contributed by atoms with E-state index in [1.54, 1.807) is 0 Å². The van der Waals surface area contributed by atoms with Crippen molar-refractivity contribution in [3.63, 3.8) is 0 Å². The summed E-state index contributed by atoms with van der Waals surface area (Å²) in [6.45, 7) is 7.07. The van der Waals surface area contributed by atoms with Gasteiger partial charge in [0.1, 0.15) is 0 Å². The Labute approximate surface area is 129 Å². The van der Waals surface area contributed by atoms with E-state index in [2.05, 4.69) is 13.5 Å². The summed E-state index contributed by atoms with van der Waals surface area (Å²) >= 11 is 0. The molecule has 0 aliphatic heterocycles. The molecule has 0 rings (SSSR count). The zero-order chi connectivity index (χ0) is 15.9. The first-order valence-corrected chi connectivity index (χ1v) is 8.36. The third-order valence-corrected chi connectivity index (χ3v) is 3.69. The minimum atomic E-state index is -0.632. The van der Waals surface area contributed by atoms with E-state index in [9.17, 15) is 9.90 Å². The minimum absolute atomic E-state index is 0.00809. The number of aliphatic hydroxyl groups excluding tert-OH is 2. The summed E-state index contributed by atoms with van der Waals surface area (Å²) in [6.07, 6.45) is 10.3. The van der Waals surface area contributed by atoms with Crippen molar-refractivity contribution in [3.8, 4) is 0 Å². The SMILES string of the molecule is C=CC(=O)N(CCCCCCCC)CCCCC(O)CO. The van der Waals surface area contributed by atoms with Gasteiger partial charge in [-0.05, 0) is 31.8 Å². The number of amides is 1. The lowest BCUT2D eigenvalue weighted by molar-refractivity contribution is -0.126. The second-order valence-corrected chi connectivity index (χ2v) is 5.63. The molecule has 0 aromatic carbocycles. The summed E-state index contributed by atoms with van der Waals surface area (Å²) in [7, 11) is 0. The molecule has 1 atom stereocenters. The zero-order valence-corrected chi connectivity index (χ0v) is 13.6. The van der Waals surface area contributed by atoms with E-state index < -0.39 is 6.10 Å². The predicted octanol–water partition coefficient (Wildman–Crippen LogP) is 2.89. The molecule has 1 amide bonds. The van der Waals surface area contributed by atoms with E-state index in [1.165, 1.54) is 38.2 Å². The van der Waals surface area contributed by atoms with Crippen molar-refractivity contribution in [1.29, 1.82) is 0 Å². The van der Waals surface area contributed by atoms with Crippen LogP contribution in [0.15, 0.2) is 12.7 Å². The molecule has 124 valence electrons. The van der Waals surface area contributed by atoms with E-state index in [4.69, 9.17) is 5.11 Å². The first kappa shape index (κ1) is 20.1. The van der Waals surface area contributed by atoms with Crippen molar-refractivity contribution in [3.05, 3.63) is 12.7 Å². The molecule has 4 heteroatoms. The molecule has 0 spiro atoms. The van der Waals surface area contributed by atoms with E-state index in [0.717, 1.165) is 25.8 Å². The Hall–Kier alpha value is -0.870. The van der Waals surface area contributed by atoms with Crippen LogP contribution in [-0.4, -0.2) is 46.8 Å². The summed E-state index contributed by atoms with van der Waals surface area (Å²) in [5.74, 6) is -0.00809. The van der Waals surface area contributed by atoms with Gasteiger partial charge in [0.25, 0.3) is 0 Å². The van der Waals surface area contributed by atoms with Gasteiger partial charge < -0.3 is 15.1 Å². The van der Waals surface area contributed by atoms with Crippen LogP contribution in [0, 0.1) is 0 Å². The number of unbranched alkanes of at least 4 members (excludes halogenated alkanes) is 6. The molecule has 0 saturated heterocycles. The van der Waals surface area contributed by atoms with Crippen LogP contribution in [0.4, 0.5) is 0 Å². The van der Waals surface area contributed by atoms with E-state index in [-0.39, 0.29) is 12.5 Å². The van der Waals surface area contributed by atoms with Crippen LogP contribution in [0.1, 0.15) is 64.7 Å². The average molecular weight is 299 g/mol. The Morgan fingerprint density at radius 2 is 1.67 bits per heavy atom. The van der Waals surface area contributed by atoms with Crippen LogP contribution in [0.25, 0.3) is 0 Å². The maximum Gasteiger partial charge on any atom is 0.245 e. The molecule has 0 radical (unpaired) electrons. The third-order valence-electron chi connectivity index (χ3n) is 3.69. The Kier molecular flexibility index (Phi) is 13.5. The Morgan fingerprint density at radius 3 is 2.24 bits per heavy atom. The number of hydrogen-bond acceptors (Lipinski definition) is 3. The number of rotatable bonds is 14. The summed E-state index contributed by atoms with van der Waals surface area (Å²) in [4.78, 5) is 13.6. The predicted molar refractivity (Wildman–Crippen MR) is 87.1 cm³/mol. The van der Waals surface area contributed by atoms with Crippen molar-refractivity contribution in [2.24, 2.45) is 0 Å². The molecule has 0 heterocycles. The monoisotopic (exact) mass is 299 g/mol. The lowest BCUT2D eigenvalue weighted by Crippen LogP contribution is -2.31. The van der Waals surface area contributed by atoms with E-state index >= 15 is 0 Å². The fourth-order valence-corrected chi connectivity index (χ4v) is 2.32. The molecule has 0 fully saturated rings. The van der Waals surface area contributed by atoms with Gasteiger partial charge in [-0.3, -0.25) is 4.79 Å². The zero-order valence-electron chi connectivity index (χ0n) is 13.6. The molecule has 0 bridgehead atoms. The van der Waals surface area contributed by atoms with Gasteiger partial charge in [-0.15, -0.1) is 0 Å². The molecule has 4 nitrogen and oxygen atoms in total. The molecule has 0 aliphatic rings. The number of nitrogens with zero attached hydrogens (tertiary/aromatic N) is 1. The smallest absolute Gasteiger partial charge is 0.245 e. The van der Waals surface area contributed by atoms with Crippen molar-refractivity contribution in [1.82, 2.24) is 4.90 Å². The largest absolute Gasteiger partial charge is 0.394 e. The number of hydrogen-bond donors (Lipinski definition) is 2. The molecule has 0 saturated carbocycles. The van der Waals surface area contributed by atoms with Gasteiger partial charge in [-0.2, -0.15) is 0 Å². The fraction of sp³-hybridized carbons (Fsp3) is 0.824. The molecule has 0 aliphatic carbocycles.